The van der Waals surface area contributed by atoms with Crippen LogP contribution in [0.25, 0.3) is 0 Å². The SMILES string of the molecule is NS(=O)(=O)c1ccc(NCC2(c3ccc(F)cc3)CCC2)cc1C(F)(F)F. The Morgan fingerprint density at radius 1 is 1.07 bits per heavy atom. The topological polar surface area (TPSA) is 72.2 Å². The Bertz CT molecular complexity index is 937. The summed E-state index contributed by atoms with van der Waals surface area (Å²) in [4.78, 5) is -0.961. The van der Waals surface area contributed by atoms with Gasteiger partial charge < -0.3 is 5.32 Å². The summed E-state index contributed by atoms with van der Waals surface area (Å²) in [5, 5.41) is 7.85. The maximum Gasteiger partial charge on any atom is 0.417 e. The van der Waals surface area contributed by atoms with Crippen LogP contribution in [-0.4, -0.2) is 15.0 Å². The first-order valence-corrected chi connectivity index (χ1v) is 9.80. The number of sulfonamides is 1. The molecule has 1 saturated carbocycles. The van der Waals surface area contributed by atoms with Gasteiger partial charge in [-0.25, -0.2) is 17.9 Å². The second kappa shape index (κ2) is 6.79. The van der Waals surface area contributed by atoms with Gasteiger partial charge in [-0.15, -0.1) is 0 Å². The van der Waals surface area contributed by atoms with Gasteiger partial charge in [-0.1, -0.05) is 18.6 Å². The zero-order chi connectivity index (χ0) is 19.9. The largest absolute Gasteiger partial charge is 0.417 e. The Morgan fingerprint density at radius 3 is 2.19 bits per heavy atom. The summed E-state index contributed by atoms with van der Waals surface area (Å²) in [6.45, 7) is 0.352. The highest BCUT2D eigenvalue weighted by molar-refractivity contribution is 7.89. The highest BCUT2D eigenvalue weighted by Crippen LogP contribution is 2.44. The van der Waals surface area contributed by atoms with Crippen molar-refractivity contribution in [2.24, 2.45) is 5.14 Å². The van der Waals surface area contributed by atoms with E-state index in [1.54, 1.807) is 12.1 Å². The van der Waals surface area contributed by atoms with Gasteiger partial charge in [0.1, 0.15) is 5.82 Å². The van der Waals surface area contributed by atoms with E-state index in [4.69, 9.17) is 5.14 Å². The van der Waals surface area contributed by atoms with Crippen molar-refractivity contribution in [3.05, 3.63) is 59.4 Å². The first-order chi connectivity index (χ1) is 12.5. The summed E-state index contributed by atoms with van der Waals surface area (Å²) in [5.74, 6) is -0.352. The number of hydrogen-bond acceptors (Lipinski definition) is 3. The van der Waals surface area contributed by atoms with E-state index in [1.165, 1.54) is 18.2 Å². The second-order valence-corrected chi connectivity index (χ2v) is 8.28. The molecule has 9 heteroatoms. The molecule has 0 bridgehead atoms. The molecular weight excluding hydrogens is 384 g/mol. The van der Waals surface area contributed by atoms with E-state index in [2.05, 4.69) is 5.32 Å². The van der Waals surface area contributed by atoms with E-state index in [9.17, 15) is 26.0 Å². The minimum absolute atomic E-state index is 0.142. The molecule has 3 rings (SSSR count). The van der Waals surface area contributed by atoms with E-state index >= 15 is 0 Å². The lowest BCUT2D eigenvalue weighted by atomic mass is 9.64. The van der Waals surface area contributed by atoms with Gasteiger partial charge in [0.15, 0.2) is 0 Å². The monoisotopic (exact) mass is 402 g/mol. The predicted octanol–water partition coefficient (Wildman–Crippen LogP) is 4.03. The molecule has 146 valence electrons. The summed E-state index contributed by atoms with van der Waals surface area (Å²) >= 11 is 0. The van der Waals surface area contributed by atoms with E-state index < -0.39 is 26.7 Å². The highest BCUT2D eigenvalue weighted by Gasteiger charge is 2.39. The zero-order valence-corrected chi connectivity index (χ0v) is 15.0. The predicted molar refractivity (Wildman–Crippen MR) is 93.2 cm³/mol. The molecule has 0 amide bonds. The van der Waals surface area contributed by atoms with E-state index in [1.807, 2.05) is 0 Å². The number of benzene rings is 2. The average Bonchev–Trinajstić information content (AvgIpc) is 2.53. The Hall–Kier alpha value is -2.13. The molecule has 2 aromatic carbocycles. The molecule has 3 N–H and O–H groups in total. The average molecular weight is 402 g/mol. The van der Waals surface area contributed by atoms with Crippen molar-refractivity contribution in [2.75, 3.05) is 11.9 Å². The summed E-state index contributed by atoms with van der Waals surface area (Å²) in [7, 11) is -4.50. The van der Waals surface area contributed by atoms with Crippen molar-refractivity contribution in [1.29, 1.82) is 0 Å². The zero-order valence-electron chi connectivity index (χ0n) is 14.2. The lowest BCUT2D eigenvalue weighted by molar-refractivity contribution is -0.139. The van der Waals surface area contributed by atoms with Gasteiger partial charge in [-0.2, -0.15) is 13.2 Å². The van der Waals surface area contributed by atoms with Crippen LogP contribution in [-0.2, 0) is 21.6 Å². The van der Waals surface area contributed by atoms with Crippen LogP contribution in [0.15, 0.2) is 47.4 Å². The highest BCUT2D eigenvalue weighted by atomic mass is 32.2. The second-order valence-electron chi connectivity index (χ2n) is 6.75. The molecule has 1 fully saturated rings. The Morgan fingerprint density at radius 2 is 1.70 bits per heavy atom. The summed E-state index contributed by atoms with van der Waals surface area (Å²) in [5.41, 5.74) is -0.535. The summed E-state index contributed by atoms with van der Waals surface area (Å²) in [6, 6.07) is 8.94. The van der Waals surface area contributed by atoms with Crippen LogP contribution in [0.4, 0.5) is 23.2 Å². The molecule has 0 radical (unpaired) electrons. The van der Waals surface area contributed by atoms with E-state index in [-0.39, 0.29) is 16.9 Å². The van der Waals surface area contributed by atoms with Crippen LogP contribution in [0.2, 0.25) is 0 Å². The van der Waals surface area contributed by atoms with E-state index in [0.717, 1.165) is 37.0 Å². The lowest BCUT2D eigenvalue weighted by Crippen LogP contribution is -2.41. The number of nitrogens with two attached hydrogens (primary N) is 1. The Kier molecular flexibility index (Phi) is 4.94. The smallest absolute Gasteiger partial charge is 0.384 e. The Labute approximate surface area is 154 Å². The summed E-state index contributed by atoms with van der Waals surface area (Å²) < 4.78 is 75.7. The number of primary sulfonamides is 1. The third-order valence-electron chi connectivity index (χ3n) is 4.99. The molecule has 2 aromatic rings. The van der Waals surface area contributed by atoms with Gasteiger partial charge in [-0.3, -0.25) is 0 Å². The molecule has 0 aliphatic heterocycles. The number of hydrogen-bond donors (Lipinski definition) is 2. The van der Waals surface area contributed by atoms with Crippen LogP contribution < -0.4 is 10.5 Å². The molecule has 4 nitrogen and oxygen atoms in total. The van der Waals surface area contributed by atoms with Gasteiger partial charge >= 0.3 is 6.18 Å². The fourth-order valence-electron chi connectivity index (χ4n) is 3.36. The number of halogens is 4. The molecular formula is C18H18F4N2O2S. The van der Waals surface area contributed by atoms with Gasteiger partial charge in [0, 0.05) is 17.6 Å². The van der Waals surface area contributed by atoms with E-state index in [0.29, 0.717) is 6.54 Å². The fourth-order valence-corrected chi connectivity index (χ4v) is 4.09. The molecule has 1 aliphatic rings. The molecule has 0 heterocycles. The maximum absolute atomic E-state index is 13.2. The molecule has 0 aromatic heterocycles. The van der Waals surface area contributed by atoms with Gasteiger partial charge in [-0.05, 0) is 48.7 Å². The fraction of sp³-hybridized carbons (Fsp3) is 0.333. The molecule has 0 spiro atoms. The van der Waals surface area contributed by atoms with Crippen molar-refractivity contribution >= 4 is 15.7 Å². The molecule has 0 saturated heterocycles. The maximum atomic E-state index is 13.2. The number of nitrogens with one attached hydrogen (secondary N) is 1. The third-order valence-corrected chi connectivity index (χ3v) is 5.96. The van der Waals surface area contributed by atoms with Gasteiger partial charge in [0.25, 0.3) is 0 Å². The third kappa shape index (κ3) is 4.08. The van der Waals surface area contributed by atoms with Crippen molar-refractivity contribution < 1.29 is 26.0 Å². The minimum Gasteiger partial charge on any atom is -0.384 e. The van der Waals surface area contributed by atoms with Crippen molar-refractivity contribution in [1.82, 2.24) is 0 Å². The van der Waals surface area contributed by atoms with Gasteiger partial charge in [0.05, 0.1) is 10.5 Å². The quantitative estimate of drug-likeness (QED) is 0.742. The normalized spacial score (nSPS) is 16.6. The van der Waals surface area contributed by atoms with Crippen molar-refractivity contribution in [3.63, 3.8) is 0 Å². The minimum atomic E-state index is -4.86. The number of rotatable bonds is 5. The Balaban J connectivity index is 1.86. The molecule has 0 unspecified atom stereocenters. The lowest BCUT2D eigenvalue weighted by Gasteiger charge is -2.43. The molecule has 27 heavy (non-hydrogen) atoms. The van der Waals surface area contributed by atoms with Crippen LogP contribution in [0.3, 0.4) is 0 Å². The molecule has 0 atom stereocenters. The standard InChI is InChI=1S/C18H18F4N2O2S/c19-13-4-2-12(3-5-13)17(8-1-9-17)11-24-14-6-7-16(27(23,25)26)15(10-14)18(20,21)22/h2-7,10,24H,1,8-9,11H2,(H2,23,25,26). The van der Waals surface area contributed by atoms with Crippen LogP contribution in [0.5, 0.6) is 0 Å². The van der Waals surface area contributed by atoms with Crippen molar-refractivity contribution in [3.8, 4) is 0 Å². The van der Waals surface area contributed by atoms with Crippen LogP contribution in [0.1, 0.15) is 30.4 Å². The number of alkyl halides is 3. The summed E-state index contributed by atoms with van der Waals surface area (Å²) in [6.07, 6.45) is -2.23. The first kappa shape index (κ1) is 19.6. The van der Waals surface area contributed by atoms with Crippen molar-refractivity contribution in [2.45, 2.75) is 35.7 Å². The van der Waals surface area contributed by atoms with Crippen LogP contribution >= 0.6 is 0 Å². The van der Waals surface area contributed by atoms with Crippen LogP contribution in [0, 0.1) is 5.82 Å². The van der Waals surface area contributed by atoms with Gasteiger partial charge in [0.2, 0.25) is 10.0 Å². The molecule has 1 aliphatic carbocycles. The first-order valence-electron chi connectivity index (χ1n) is 8.25. The number of anilines is 1.